The molecule has 17 heavy (non-hydrogen) atoms. The molecule has 1 aromatic rings. The van der Waals surface area contributed by atoms with Gasteiger partial charge in [-0.1, -0.05) is 13.0 Å². The Morgan fingerprint density at radius 2 is 2.47 bits per heavy atom. The van der Waals surface area contributed by atoms with Crippen LogP contribution < -0.4 is 5.73 Å². The van der Waals surface area contributed by atoms with Gasteiger partial charge in [-0.15, -0.1) is 0 Å². The number of aryl methyl sites for hydroxylation is 1. The van der Waals surface area contributed by atoms with Gasteiger partial charge in [-0.3, -0.25) is 4.90 Å². The van der Waals surface area contributed by atoms with Crippen LogP contribution in [0.4, 0.5) is 6.01 Å². The van der Waals surface area contributed by atoms with Crippen LogP contribution in [0.15, 0.2) is 10.5 Å². The number of hydrogen-bond acceptors (Lipinski definition) is 4. The topological polar surface area (TPSA) is 55.3 Å². The Bertz CT molecular complexity index is 450. The number of aromatic nitrogens is 1. The van der Waals surface area contributed by atoms with Gasteiger partial charge in [-0.2, -0.15) is 4.98 Å². The van der Waals surface area contributed by atoms with Crippen LogP contribution in [0.1, 0.15) is 37.6 Å². The highest BCUT2D eigenvalue weighted by atomic mass is 16.4. The molecule has 1 aliphatic carbocycles. The van der Waals surface area contributed by atoms with Gasteiger partial charge in [-0.25, -0.2) is 0 Å². The smallest absolute Gasteiger partial charge is 0.292 e. The quantitative estimate of drug-likeness (QED) is 0.849. The third kappa shape index (κ3) is 1.76. The summed E-state index contributed by atoms with van der Waals surface area (Å²) in [6.45, 7) is 4.57. The van der Waals surface area contributed by atoms with Crippen molar-refractivity contribution in [3.8, 4) is 0 Å². The molecular formula is C13H19N3O. The van der Waals surface area contributed by atoms with Gasteiger partial charge in [0, 0.05) is 18.2 Å². The molecule has 2 heterocycles. The molecular weight excluding hydrogens is 214 g/mol. The molecule has 1 atom stereocenters. The van der Waals surface area contributed by atoms with Crippen molar-refractivity contribution in [1.29, 1.82) is 0 Å². The second-order valence-electron chi connectivity index (χ2n) is 4.87. The van der Waals surface area contributed by atoms with Gasteiger partial charge in [0.15, 0.2) is 5.76 Å². The van der Waals surface area contributed by atoms with Gasteiger partial charge in [0.1, 0.15) is 0 Å². The maximum Gasteiger partial charge on any atom is 0.292 e. The SMILES string of the molecule is CCCN1CCC=C2c3oc(N)nc3CCC21. The van der Waals surface area contributed by atoms with E-state index in [1.54, 1.807) is 0 Å². The second kappa shape index (κ2) is 4.18. The van der Waals surface area contributed by atoms with Crippen LogP contribution in [0.3, 0.4) is 0 Å². The summed E-state index contributed by atoms with van der Waals surface area (Å²) < 4.78 is 5.57. The number of rotatable bonds is 2. The maximum atomic E-state index is 5.65. The molecule has 1 aromatic heterocycles. The molecule has 1 aliphatic heterocycles. The summed E-state index contributed by atoms with van der Waals surface area (Å²) in [5, 5.41) is 0. The predicted molar refractivity (Wildman–Crippen MR) is 67.5 cm³/mol. The van der Waals surface area contributed by atoms with E-state index in [0.29, 0.717) is 12.1 Å². The fraction of sp³-hybridized carbons (Fsp3) is 0.615. The van der Waals surface area contributed by atoms with E-state index in [1.165, 1.54) is 25.1 Å². The summed E-state index contributed by atoms with van der Waals surface area (Å²) in [7, 11) is 0. The highest BCUT2D eigenvalue weighted by Crippen LogP contribution is 2.37. The van der Waals surface area contributed by atoms with Crippen molar-refractivity contribution in [2.45, 2.75) is 38.6 Å². The van der Waals surface area contributed by atoms with Gasteiger partial charge < -0.3 is 10.2 Å². The van der Waals surface area contributed by atoms with E-state index in [9.17, 15) is 0 Å². The van der Waals surface area contributed by atoms with Crippen molar-refractivity contribution in [2.75, 3.05) is 18.8 Å². The first-order valence-corrected chi connectivity index (χ1v) is 6.49. The highest BCUT2D eigenvalue weighted by Gasteiger charge is 2.33. The molecule has 4 nitrogen and oxygen atoms in total. The highest BCUT2D eigenvalue weighted by molar-refractivity contribution is 5.70. The Hall–Kier alpha value is -1.29. The van der Waals surface area contributed by atoms with E-state index >= 15 is 0 Å². The maximum absolute atomic E-state index is 5.65. The average Bonchev–Trinajstić information content (AvgIpc) is 2.70. The first-order chi connectivity index (χ1) is 8.29. The van der Waals surface area contributed by atoms with Crippen molar-refractivity contribution in [3.63, 3.8) is 0 Å². The van der Waals surface area contributed by atoms with Crippen LogP contribution in [0.25, 0.3) is 5.57 Å². The Labute approximate surface area is 101 Å². The third-order valence-electron chi connectivity index (χ3n) is 3.72. The van der Waals surface area contributed by atoms with Gasteiger partial charge in [0.25, 0.3) is 6.01 Å². The molecule has 0 aromatic carbocycles. The molecule has 4 heteroatoms. The molecule has 0 spiro atoms. The lowest BCUT2D eigenvalue weighted by molar-refractivity contribution is 0.216. The van der Waals surface area contributed by atoms with Crippen molar-refractivity contribution in [3.05, 3.63) is 17.5 Å². The zero-order valence-corrected chi connectivity index (χ0v) is 10.3. The summed E-state index contributed by atoms with van der Waals surface area (Å²) in [5.74, 6) is 0.944. The summed E-state index contributed by atoms with van der Waals surface area (Å²) in [5.41, 5.74) is 8.01. The Balaban J connectivity index is 1.95. The number of nitrogens with zero attached hydrogens (tertiary/aromatic N) is 2. The van der Waals surface area contributed by atoms with E-state index in [1.807, 2.05) is 0 Å². The summed E-state index contributed by atoms with van der Waals surface area (Å²) in [4.78, 5) is 6.83. The van der Waals surface area contributed by atoms with Crippen LogP contribution >= 0.6 is 0 Å². The van der Waals surface area contributed by atoms with E-state index in [-0.39, 0.29) is 0 Å². The van der Waals surface area contributed by atoms with Gasteiger partial charge in [-0.05, 0) is 32.2 Å². The average molecular weight is 233 g/mol. The van der Waals surface area contributed by atoms with Crippen LogP contribution in [-0.2, 0) is 6.42 Å². The molecule has 2 aliphatic rings. The molecule has 0 amide bonds. The molecule has 0 saturated carbocycles. The second-order valence-corrected chi connectivity index (χ2v) is 4.87. The van der Waals surface area contributed by atoms with Crippen molar-refractivity contribution < 1.29 is 4.42 Å². The fourth-order valence-corrected chi connectivity index (χ4v) is 3.05. The first-order valence-electron chi connectivity index (χ1n) is 6.49. The van der Waals surface area contributed by atoms with E-state index in [4.69, 9.17) is 10.2 Å². The zero-order chi connectivity index (χ0) is 11.8. The van der Waals surface area contributed by atoms with Gasteiger partial charge >= 0.3 is 0 Å². The lowest BCUT2D eigenvalue weighted by Crippen LogP contribution is -2.41. The largest absolute Gasteiger partial charge is 0.424 e. The standard InChI is InChI=1S/C13H19N3O/c1-2-7-16-8-3-4-9-11(16)6-5-10-12(9)17-13(14)15-10/h4,11H,2-3,5-8H2,1H3,(H2,14,15). The Kier molecular flexibility index (Phi) is 2.67. The number of fused-ring (bicyclic) bond motifs is 3. The summed E-state index contributed by atoms with van der Waals surface area (Å²) in [6.07, 6.45) is 6.74. The normalized spacial score (nSPS) is 24.1. The number of oxazole rings is 1. The number of nitrogen functional groups attached to an aromatic ring is 1. The minimum atomic E-state index is 0.309. The van der Waals surface area contributed by atoms with Crippen LogP contribution in [0, 0.1) is 0 Å². The minimum Gasteiger partial charge on any atom is -0.424 e. The van der Waals surface area contributed by atoms with Crippen LogP contribution in [0.2, 0.25) is 0 Å². The predicted octanol–water partition coefficient (Wildman–Crippen LogP) is 2.07. The number of nitrogens with two attached hydrogens (primary N) is 1. The molecule has 0 saturated heterocycles. The molecule has 0 radical (unpaired) electrons. The molecule has 3 rings (SSSR count). The van der Waals surface area contributed by atoms with Gasteiger partial charge in [0.2, 0.25) is 0 Å². The van der Waals surface area contributed by atoms with Gasteiger partial charge in [0.05, 0.1) is 5.69 Å². The Morgan fingerprint density at radius 3 is 3.29 bits per heavy atom. The zero-order valence-electron chi connectivity index (χ0n) is 10.3. The number of hydrogen-bond donors (Lipinski definition) is 1. The molecule has 0 fully saturated rings. The van der Waals surface area contributed by atoms with Crippen LogP contribution in [-0.4, -0.2) is 29.0 Å². The first kappa shape index (κ1) is 10.8. The molecule has 0 bridgehead atoms. The summed E-state index contributed by atoms with van der Waals surface area (Å²) >= 11 is 0. The lowest BCUT2D eigenvalue weighted by atomic mass is 9.87. The summed E-state index contributed by atoms with van der Waals surface area (Å²) in [6, 6.07) is 0.827. The minimum absolute atomic E-state index is 0.309. The van der Waals surface area contributed by atoms with Crippen molar-refractivity contribution in [2.24, 2.45) is 0 Å². The van der Waals surface area contributed by atoms with E-state index in [0.717, 1.165) is 30.7 Å². The van der Waals surface area contributed by atoms with Crippen LogP contribution in [0.5, 0.6) is 0 Å². The monoisotopic (exact) mass is 233 g/mol. The van der Waals surface area contributed by atoms with Crippen molar-refractivity contribution in [1.82, 2.24) is 9.88 Å². The molecule has 1 unspecified atom stereocenters. The van der Waals surface area contributed by atoms with E-state index < -0.39 is 0 Å². The fourth-order valence-electron chi connectivity index (χ4n) is 3.05. The Morgan fingerprint density at radius 1 is 1.59 bits per heavy atom. The molecule has 92 valence electrons. The third-order valence-corrected chi connectivity index (χ3v) is 3.72. The van der Waals surface area contributed by atoms with Crippen molar-refractivity contribution >= 4 is 11.6 Å². The van der Waals surface area contributed by atoms with E-state index in [2.05, 4.69) is 22.9 Å². The molecule has 2 N–H and O–H groups in total. The number of anilines is 1. The lowest BCUT2D eigenvalue weighted by Gasteiger charge is -2.37.